The van der Waals surface area contributed by atoms with Crippen molar-refractivity contribution in [3.63, 3.8) is 0 Å². The van der Waals surface area contributed by atoms with Gasteiger partial charge in [0.1, 0.15) is 0 Å². The molecule has 1 nitrogen and oxygen atoms in total. The summed E-state index contributed by atoms with van der Waals surface area (Å²) in [4.78, 5) is 0. The summed E-state index contributed by atoms with van der Waals surface area (Å²) in [6.07, 6.45) is 0. The Balaban J connectivity index is -0.0000000208. The Morgan fingerprint density at radius 3 is 2.12 bits per heavy atom. The summed E-state index contributed by atoms with van der Waals surface area (Å²) in [5.74, 6) is 0. The minimum absolute atomic E-state index is 0. The number of hydrogen-bond donors (Lipinski definition) is 1. The SMILES string of the molecule is CCOC(=S)S.[H-].[H-].[Na+].[Na+]. The van der Waals surface area contributed by atoms with Gasteiger partial charge in [0.15, 0.2) is 0 Å². The Labute approximate surface area is 108 Å². The van der Waals surface area contributed by atoms with Crippen LogP contribution >= 0.6 is 24.8 Å². The first kappa shape index (κ1) is 16.7. The summed E-state index contributed by atoms with van der Waals surface area (Å²) in [5, 5.41) is 0. The molecule has 0 rings (SSSR count). The predicted molar refractivity (Wildman–Crippen MR) is 35.4 cm³/mol. The van der Waals surface area contributed by atoms with Crippen molar-refractivity contribution in [3.8, 4) is 0 Å². The third-order valence-electron chi connectivity index (χ3n) is 0.268. The van der Waals surface area contributed by atoms with Crippen molar-refractivity contribution >= 4 is 29.2 Å². The quantitative estimate of drug-likeness (QED) is 0.241. The van der Waals surface area contributed by atoms with Crippen molar-refractivity contribution in [3.05, 3.63) is 0 Å². The van der Waals surface area contributed by atoms with Gasteiger partial charge in [-0.2, -0.15) is 0 Å². The zero-order valence-electron chi connectivity index (χ0n) is 7.47. The van der Waals surface area contributed by atoms with E-state index < -0.39 is 0 Å². The van der Waals surface area contributed by atoms with Gasteiger partial charge in [-0.05, 0) is 19.1 Å². The smallest absolute Gasteiger partial charge is 1.00 e. The maximum atomic E-state index is 4.64. The van der Waals surface area contributed by atoms with Crippen LogP contribution < -0.4 is 59.1 Å². The molecule has 0 amide bonds. The van der Waals surface area contributed by atoms with E-state index in [9.17, 15) is 0 Å². The molecule has 0 aliphatic rings. The van der Waals surface area contributed by atoms with Gasteiger partial charge in [0.2, 0.25) is 4.38 Å². The van der Waals surface area contributed by atoms with Crippen LogP contribution in [0, 0.1) is 0 Å². The molecule has 0 bridgehead atoms. The third kappa shape index (κ3) is 15.7. The molecule has 0 atom stereocenters. The van der Waals surface area contributed by atoms with Crippen molar-refractivity contribution in [1.82, 2.24) is 0 Å². The topological polar surface area (TPSA) is 9.23 Å². The summed E-state index contributed by atoms with van der Waals surface area (Å²) in [6.45, 7) is 2.48. The monoisotopic (exact) mass is 170 g/mol. The fourth-order valence-corrected chi connectivity index (χ4v) is 0.370. The van der Waals surface area contributed by atoms with Crippen LogP contribution in [0.4, 0.5) is 0 Å². The van der Waals surface area contributed by atoms with Gasteiger partial charge in [-0.25, -0.2) is 0 Å². The van der Waals surface area contributed by atoms with Crippen molar-refractivity contribution < 1.29 is 66.7 Å². The number of thiocarbonyl (C=S) groups is 1. The van der Waals surface area contributed by atoms with Gasteiger partial charge in [0, 0.05) is 0 Å². The first-order valence-corrected chi connectivity index (χ1v) is 2.48. The molecule has 0 saturated carbocycles. The summed E-state index contributed by atoms with van der Waals surface area (Å²) in [5.41, 5.74) is 0. The van der Waals surface area contributed by atoms with Gasteiger partial charge in [-0.3, -0.25) is 0 Å². The molecule has 0 fully saturated rings. The zero-order valence-corrected chi connectivity index (χ0v) is 11.2. The van der Waals surface area contributed by atoms with Gasteiger partial charge in [0.05, 0.1) is 6.61 Å². The van der Waals surface area contributed by atoms with Crippen molar-refractivity contribution in [2.24, 2.45) is 0 Å². The number of thiol groups is 1. The molecule has 0 aromatic carbocycles. The van der Waals surface area contributed by atoms with Crippen LogP contribution in [0.2, 0.25) is 0 Å². The average Bonchev–Trinajstić information content (AvgIpc) is 1.35. The minimum atomic E-state index is 0. The van der Waals surface area contributed by atoms with Gasteiger partial charge in [-0.15, -0.1) is 0 Å². The summed E-state index contributed by atoms with van der Waals surface area (Å²) < 4.78 is 4.95. The van der Waals surface area contributed by atoms with Crippen molar-refractivity contribution in [1.29, 1.82) is 0 Å². The van der Waals surface area contributed by atoms with Gasteiger partial charge in [-0.1, -0.05) is 12.6 Å². The Bertz CT molecular complexity index is 66.5. The predicted octanol–water partition coefficient (Wildman–Crippen LogP) is -4.53. The van der Waals surface area contributed by atoms with E-state index >= 15 is 0 Å². The molecular formula is C3H8Na2OS2. The second kappa shape index (κ2) is 12.0. The average molecular weight is 170 g/mol. The van der Waals surface area contributed by atoms with E-state index in [-0.39, 0.29) is 62.0 Å². The van der Waals surface area contributed by atoms with Crippen LogP contribution in [0.1, 0.15) is 9.78 Å². The largest absolute Gasteiger partial charge is 1.00 e. The molecule has 5 heteroatoms. The molecule has 40 valence electrons. The Hall–Kier alpha value is 2.24. The van der Waals surface area contributed by atoms with Crippen molar-refractivity contribution in [2.45, 2.75) is 6.92 Å². The van der Waals surface area contributed by atoms with Crippen LogP contribution in [0.25, 0.3) is 0 Å². The standard InChI is InChI=1S/C3H6OS2.2Na.2H/c1-2-4-3(5)6;;;;/h2H2,1H3,(H,5,6);;;;/q;2*+1;2*-1. The summed E-state index contributed by atoms with van der Waals surface area (Å²) in [7, 11) is 0. The second-order valence-electron chi connectivity index (χ2n) is 0.699. The fraction of sp³-hybridized carbons (Fsp3) is 0.667. The minimum Gasteiger partial charge on any atom is -1.00 e. The number of hydrogen-bond acceptors (Lipinski definition) is 2. The van der Waals surface area contributed by atoms with Crippen molar-refractivity contribution in [2.75, 3.05) is 6.61 Å². The normalized spacial score (nSPS) is 5.75. The molecule has 8 heavy (non-hydrogen) atoms. The van der Waals surface area contributed by atoms with Crippen LogP contribution in [-0.4, -0.2) is 11.0 Å². The van der Waals surface area contributed by atoms with E-state index in [1.807, 2.05) is 6.92 Å². The van der Waals surface area contributed by atoms with Crippen LogP contribution in [-0.2, 0) is 4.74 Å². The van der Waals surface area contributed by atoms with E-state index in [0.29, 0.717) is 11.0 Å². The molecule has 0 unspecified atom stereocenters. The number of ether oxygens (including phenoxy) is 1. The molecule has 0 aromatic heterocycles. The molecule has 0 aliphatic carbocycles. The molecule has 0 aliphatic heterocycles. The van der Waals surface area contributed by atoms with E-state index in [1.54, 1.807) is 0 Å². The molecule has 0 spiro atoms. The summed E-state index contributed by atoms with van der Waals surface area (Å²) >= 11 is 8.12. The van der Waals surface area contributed by atoms with Gasteiger partial charge < -0.3 is 7.59 Å². The molecular weight excluding hydrogens is 162 g/mol. The van der Waals surface area contributed by atoms with Crippen LogP contribution in [0.15, 0.2) is 0 Å². The number of rotatable bonds is 1. The Morgan fingerprint density at radius 1 is 1.75 bits per heavy atom. The maximum Gasteiger partial charge on any atom is 1.00 e. The molecule has 0 saturated heterocycles. The Morgan fingerprint density at radius 2 is 2.12 bits per heavy atom. The van der Waals surface area contributed by atoms with E-state index in [2.05, 4.69) is 29.6 Å². The van der Waals surface area contributed by atoms with Gasteiger partial charge >= 0.3 is 59.1 Å². The molecule has 0 aromatic rings. The van der Waals surface area contributed by atoms with E-state index in [0.717, 1.165) is 0 Å². The van der Waals surface area contributed by atoms with Crippen LogP contribution in [0.5, 0.6) is 0 Å². The van der Waals surface area contributed by atoms with E-state index in [1.165, 1.54) is 0 Å². The second-order valence-corrected chi connectivity index (χ2v) is 1.78. The summed E-state index contributed by atoms with van der Waals surface area (Å²) in [6, 6.07) is 0. The first-order valence-electron chi connectivity index (χ1n) is 1.63. The Kier molecular flexibility index (Phi) is 25.0. The third-order valence-corrected chi connectivity index (χ3v) is 0.515. The molecule has 0 radical (unpaired) electrons. The zero-order chi connectivity index (χ0) is 4.99. The molecule has 0 heterocycles. The maximum absolute atomic E-state index is 4.64. The van der Waals surface area contributed by atoms with Gasteiger partial charge in [0.25, 0.3) is 0 Å². The van der Waals surface area contributed by atoms with Crippen LogP contribution in [0.3, 0.4) is 0 Å². The van der Waals surface area contributed by atoms with E-state index in [4.69, 9.17) is 0 Å². The molecule has 0 N–H and O–H groups in total. The fourth-order valence-electron chi connectivity index (χ4n) is 0.123. The first-order chi connectivity index (χ1) is 2.77.